The van der Waals surface area contributed by atoms with E-state index < -0.39 is 11.9 Å². The molecule has 0 unspecified atom stereocenters. The van der Waals surface area contributed by atoms with Crippen molar-refractivity contribution in [2.45, 2.75) is 67.2 Å². The molecule has 5 rings (SSSR count). The molecule has 4 aromatic rings. The van der Waals surface area contributed by atoms with Crippen molar-refractivity contribution in [1.82, 2.24) is 19.9 Å². The molecule has 8 nitrogen and oxygen atoms in total. The van der Waals surface area contributed by atoms with E-state index in [4.69, 9.17) is 19.9 Å². The van der Waals surface area contributed by atoms with Gasteiger partial charge in [-0.15, -0.1) is 44.2 Å². The third-order valence-electron chi connectivity index (χ3n) is 8.23. The largest absolute Gasteiger partial charge is 4.00 e. The number of nitrogens with zero attached hydrogens (tertiary/aromatic N) is 4. The SMILES string of the molecule is C/C=c1/c(C)c2[n-]/c1=C\c1[n-]c(c(CCC(=O)O)c1C)/C=c1\[n-]/c(c(C)c1CCC(=O)O)=C\c1[n-]c(/c(=C\C)c1C)=C\2.[Fe+4]. The Morgan fingerprint density at radius 3 is 1.51 bits per heavy atom. The fourth-order valence-corrected chi connectivity index (χ4v) is 5.83. The summed E-state index contributed by atoms with van der Waals surface area (Å²) in [6.07, 6.45) is 12.4. The Kier molecular flexibility index (Phi) is 9.28. The molecule has 0 radical (unpaired) electrons. The molecule has 2 N–H and O–H groups in total. The van der Waals surface area contributed by atoms with Crippen LogP contribution < -0.4 is 51.8 Å². The maximum atomic E-state index is 11.5. The van der Waals surface area contributed by atoms with Crippen molar-refractivity contribution in [3.63, 3.8) is 0 Å². The van der Waals surface area contributed by atoms with Crippen molar-refractivity contribution in [2.24, 2.45) is 0 Å². The predicted molar refractivity (Wildman–Crippen MR) is 162 cm³/mol. The second kappa shape index (κ2) is 12.6. The maximum absolute atomic E-state index is 11.5. The van der Waals surface area contributed by atoms with Crippen LogP contribution in [0.25, 0.3) is 36.5 Å². The number of hydrogen-bond acceptors (Lipinski definition) is 2. The summed E-state index contributed by atoms with van der Waals surface area (Å²) >= 11 is 0. The van der Waals surface area contributed by atoms with E-state index in [0.717, 1.165) is 76.9 Å². The first-order chi connectivity index (χ1) is 20.0. The minimum atomic E-state index is -0.886. The van der Waals surface area contributed by atoms with Gasteiger partial charge in [-0.3, -0.25) is 9.59 Å². The van der Waals surface area contributed by atoms with Crippen molar-refractivity contribution < 1.29 is 36.9 Å². The summed E-state index contributed by atoms with van der Waals surface area (Å²) < 4.78 is 0. The van der Waals surface area contributed by atoms with Crippen LogP contribution in [0.1, 0.15) is 82.8 Å². The molecular weight excluding hydrogens is 584 g/mol. The van der Waals surface area contributed by atoms with Gasteiger partial charge in [0.15, 0.2) is 0 Å². The molecule has 5 heterocycles. The van der Waals surface area contributed by atoms with E-state index in [1.807, 2.05) is 65.0 Å². The van der Waals surface area contributed by atoms with Gasteiger partial charge in [0.1, 0.15) is 0 Å². The first-order valence-electron chi connectivity index (χ1n) is 14.1. The zero-order valence-corrected chi connectivity index (χ0v) is 26.3. The van der Waals surface area contributed by atoms with Crippen LogP contribution >= 0.6 is 0 Å². The maximum Gasteiger partial charge on any atom is 4.00 e. The van der Waals surface area contributed by atoms with Gasteiger partial charge in [0, 0.05) is 12.8 Å². The number of carboxylic acids is 2. The Balaban J connectivity index is 0.00000423. The van der Waals surface area contributed by atoms with Crippen LogP contribution in [0.2, 0.25) is 0 Å². The Morgan fingerprint density at radius 1 is 0.581 bits per heavy atom. The van der Waals surface area contributed by atoms with Gasteiger partial charge >= 0.3 is 29.0 Å². The second-order valence-corrected chi connectivity index (χ2v) is 10.8. The minimum Gasteiger partial charge on any atom is -0.657 e. The summed E-state index contributed by atoms with van der Waals surface area (Å²) in [5, 5.41) is 23.9. The van der Waals surface area contributed by atoms with Gasteiger partial charge in [-0.05, 0) is 64.8 Å². The summed E-state index contributed by atoms with van der Waals surface area (Å²) in [4.78, 5) is 42.9. The summed E-state index contributed by atoms with van der Waals surface area (Å²) in [7, 11) is 0. The Bertz CT molecular complexity index is 2120. The van der Waals surface area contributed by atoms with Gasteiger partial charge in [-0.25, -0.2) is 0 Å². The average molecular weight is 619 g/mol. The second-order valence-electron chi connectivity index (χ2n) is 10.8. The Labute approximate surface area is 259 Å². The third-order valence-corrected chi connectivity index (χ3v) is 8.23. The number of hydrogen-bond donors (Lipinski definition) is 2. The number of rotatable bonds is 6. The van der Waals surface area contributed by atoms with E-state index in [1.54, 1.807) is 0 Å². The number of fused-ring (bicyclic) bond motifs is 8. The van der Waals surface area contributed by atoms with Crippen LogP contribution in [-0.4, -0.2) is 22.2 Å². The van der Waals surface area contributed by atoms with Crippen molar-refractivity contribution in [1.29, 1.82) is 0 Å². The first kappa shape index (κ1) is 31.7. The van der Waals surface area contributed by atoms with Crippen molar-refractivity contribution in [3.8, 4) is 0 Å². The molecule has 222 valence electrons. The number of aliphatic carboxylic acids is 2. The van der Waals surface area contributed by atoms with Crippen LogP contribution in [0.3, 0.4) is 0 Å². The number of aromatic nitrogens is 4. The van der Waals surface area contributed by atoms with Gasteiger partial charge in [-0.2, -0.15) is 0 Å². The molecule has 1 aliphatic heterocycles. The predicted octanol–water partition coefficient (Wildman–Crippen LogP) is 0.0104. The van der Waals surface area contributed by atoms with Crippen LogP contribution in [0.5, 0.6) is 0 Å². The molecule has 0 fully saturated rings. The Morgan fingerprint density at radius 2 is 1.02 bits per heavy atom. The number of carboxylic acid groups (broad SMARTS) is 2. The Hall–Kier alpha value is -4.20. The van der Waals surface area contributed by atoms with E-state index in [2.05, 4.69) is 13.0 Å². The van der Waals surface area contributed by atoms with Gasteiger partial charge < -0.3 is 30.1 Å². The molecule has 0 atom stereocenters. The third kappa shape index (κ3) is 6.01. The molecule has 43 heavy (non-hydrogen) atoms. The molecule has 9 heteroatoms. The van der Waals surface area contributed by atoms with Gasteiger partial charge in [0.2, 0.25) is 0 Å². The molecule has 0 saturated carbocycles. The monoisotopic (exact) mass is 618 g/mol. The van der Waals surface area contributed by atoms with E-state index in [1.165, 1.54) is 0 Å². The van der Waals surface area contributed by atoms with Crippen LogP contribution in [-0.2, 0) is 39.5 Å². The van der Waals surface area contributed by atoms with Crippen LogP contribution in [0.15, 0.2) is 0 Å². The van der Waals surface area contributed by atoms with E-state index in [0.29, 0.717) is 23.9 Å². The zero-order chi connectivity index (χ0) is 30.3. The molecule has 4 aromatic heterocycles. The molecule has 1 aliphatic rings. The van der Waals surface area contributed by atoms with Gasteiger partial charge in [0.25, 0.3) is 0 Å². The van der Waals surface area contributed by atoms with Crippen molar-refractivity contribution >= 4 is 48.4 Å². The molecular formula is C34H34FeN4O4. The van der Waals surface area contributed by atoms with Crippen LogP contribution in [0.4, 0.5) is 0 Å². The van der Waals surface area contributed by atoms with Crippen molar-refractivity contribution in [3.05, 3.63) is 88.0 Å². The van der Waals surface area contributed by atoms with E-state index >= 15 is 0 Å². The molecule has 0 amide bonds. The van der Waals surface area contributed by atoms with Crippen molar-refractivity contribution in [2.75, 3.05) is 0 Å². The quantitative estimate of drug-likeness (QED) is 0.255. The fraction of sp³-hybridized carbons (Fsp3) is 0.294. The molecule has 0 aliphatic carbocycles. The number of carbonyl (C=O) groups is 2. The van der Waals surface area contributed by atoms with E-state index in [-0.39, 0.29) is 29.9 Å². The smallest absolute Gasteiger partial charge is 0.657 e. The zero-order valence-electron chi connectivity index (χ0n) is 25.1. The van der Waals surface area contributed by atoms with Gasteiger partial charge in [0.05, 0.1) is 0 Å². The first-order valence-corrected chi connectivity index (χ1v) is 14.1. The van der Waals surface area contributed by atoms with E-state index in [9.17, 15) is 19.8 Å². The molecule has 0 aromatic carbocycles. The summed E-state index contributed by atoms with van der Waals surface area (Å²) in [6, 6.07) is 0. The fourth-order valence-electron chi connectivity index (χ4n) is 5.83. The van der Waals surface area contributed by atoms with Gasteiger partial charge in [-0.1, -0.05) is 69.8 Å². The summed E-state index contributed by atoms with van der Waals surface area (Å²) in [5.41, 5.74) is 8.51. The minimum absolute atomic E-state index is 0. The molecule has 8 bridgehead atoms. The topological polar surface area (TPSA) is 131 Å². The molecule has 0 spiro atoms. The standard InChI is InChI=1S/C34H34N4O4.Fe/c1-7-21-17(3)25-13-26-19(5)23(9-11-33(39)40)31(37-26)16-32-24(10-12-34(41)42)20(6)28(38-32)15-30-22(8-2)18(4)27(36-30)14-29(21)35-25;/h7-8,13-16H,9-12H2,1-6H3,(H,39,40)(H,41,42);/q-4;+4/b21-7-,22-8-,26-13-,29-14-,30-15-,31-16-;. The molecule has 0 saturated heterocycles. The summed E-state index contributed by atoms with van der Waals surface area (Å²) in [5.74, 6) is -1.77. The normalized spacial score (nSPS) is 16.2. The summed E-state index contributed by atoms with van der Waals surface area (Å²) in [6.45, 7) is 12.0. The van der Waals surface area contributed by atoms with Crippen LogP contribution in [0, 0.1) is 27.7 Å². The average Bonchev–Trinajstić information content (AvgIpc) is 3.59.